The van der Waals surface area contributed by atoms with Crippen LogP contribution in [0, 0.1) is 12.8 Å². The predicted molar refractivity (Wildman–Crippen MR) is 85.1 cm³/mol. The number of unbranched alkanes of at least 4 members (excludes halogenated alkanes) is 1. The SMILES string of the molecule is CCCCC(CC)CNC(=O)NC(C)c1nc(C)cs1. The molecule has 0 fully saturated rings. The largest absolute Gasteiger partial charge is 0.338 e. The first-order chi connectivity index (χ1) is 9.56. The summed E-state index contributed by atoms with van der Waals surface area (Å²) in [7, 11) is 0. The van der Waals surface area contributed by atoms with Gasteiger partial charge >= 0.3 is 6.03 Å². The number of thiazole rings is 1. The van der Waals surface area contributed by atoms with Gasteiger partial charge in [0.2, 0.25) is 0 Å². The summed E-state index contributed by atoms with van der Waals surface area (Å²) in [6, 6.07) is -0.135. The summed E-state index contributed by atoms with van der Waals surface area (Å²) in [5, 5.41) is 8.88. The van der Waals surface area contributed by atoms with Crippen LogP contribution in [0.4, 0.5) is 4.79 Å². The van der Waals surface area contributed by atoms with E-state index in [1.807, 2.05) is 19.2 Å². The summed E-state index contributed by atoms with van der Waals surface area (Å²) in [5.74, 6) is 0.582. The van der Waals surface area contributed by atoms with Crippen molar-refractivity contribution >= 4 is 17.4 Å². The fourth-order valence-corrected chi connectivity index (χ4v) is 2.86. The molecule has 1 rings (SSSR count). The second-order valence-electron chi connectivity index (χ2n) is 5.32. The number of carbonyl (C=O) groups is 1. The van der Waals surface area contributed by atoms with E-state index in [1.54, 1.807) is 11.3 Å². The molecule has 0 aromatic carbocycles. The minimum Gasteiger partial charge on any atom is -0.338 e. The van der Waals surface area contributed by atoms with Crippen molar-refractivity contribution in [2.45, 2.75) is 59.4 Å². The standard InChI is InChI=1S/C15H27N3OS/c1-5-7-8-13(6-2)9-16-15(19)18-12(4)14-17-11(3)10-20-14/h10,12-13H,5-9H2,1-4H3,(H2,16,18,19). The topological polar surface area (TPSA) is 54.0 Å². The summed E-state index contributed by atoms with van der Waals surface area (Å²) in [6.45, 7) is 9.07. The van der Waals surface area contributed by atoms with Gasteiger partial charge in [0.1, 0.15) is 5.01 Å². The van der Waals surface area contributed by atoms with Gasteiger partial charge in [0.05, 0.1) is 6.04 Å². The number of aromatic nitrogens is 1. The lowest BCUT2D eigenvalue weighted by molar-refractivity contribution is 0.235. The van der Waals surface area contributed by atoms with Gasteiger partial charge in [-0.1, -0.05) is 33.1 Å². The van der Waals surface area contributed by atoms with Gasteiger partial charge in [0.15, 0.2) is 0 Å². The molecule has 0 saturated heterocycles. The van der Waals surface area contributed by atoms with Gasteiger partial charge in [0.25, 0.3) is 0 Å². The molecule has 0 aliphatic carbocycles. The first-order valence-corrected chi connectivity index (χ1v) is 8.41. The Hall–Kier alpha value is -1.10. The maximum Gasteiger partial charge on any atom is 0.315 e. The van der Waals surface area contributed by atoms with Crippen molar-refractivity contribution < 1.29 is 4.79 Å². The Bertz CT molecular complexity index is 406. The first-order valence-electron chi connectivity index (χ1n) is 7.53. The van der Waals surface area contributed by atoms with Crippen LogP contribution in [0.5, 0.6) is 0 Å². The molecule has 2 unspecified atom stereocenters. The number of nitrogens with zero attached hydrogens (tertiary/aromatic N) is 1. The second-order valence-corrected chi connectivity index (χ2v) is 6.21. The van der Waals surface area contributed by atoms with Gasteiger partial charge < -0.3 is 10.6 Å². The van der Waals surface area contributed by atoms with E-state index < -0.39 is 0 Å². The number of aryl methyl sites for hydroxylation is 1. The van der Waals surface area contributed by atoms with E-state index in [0.717, 1.165) is 23.7 Å². The number of carbonyl (C=O) groups excluding carboxylic acids is 1. The normalized spacial score (nSPS) is 13.8. The smallest absolute Gasteiger partial charge is 0.315 e. The summed E-state index contributed by atoms with van der Waals surface area (Å²) >= 11 is 1.59. The van der Waals surface area contributed by atoms with Gasteiger partial charge in [-0.15, -0.1) is 11.3 Å². The molecular formula is C15H27N3OS. The zero-order valence-electron chi connectivity index (χ0n) is 13.0. The molecule has 5 heteroatoms. The Kier molecular flexibility index (Phi) is 7.59. The van der Waals surface area contributed by atoms with Crippen LogP contribution in [0.3, 0.4) is 0 Å². The molecule has 20 heavy (non-hydrogen) atoms. The molecule has 0 aliphatic rings. The Labute approximate surface area is 126 Å². The van der Waals surface area contributed by atoms with Crippen molar-refractivity contribution in [3.63, 3.8) is 0 Å². The van der Waals surface area contributed by atoms with Crippen LogP contribution in [0.1, 0.15) is 63.2 Å². The average molecular weight is 297 g/mol. The molecule has 1 heterocycles. The predicted octanol–water partition coefficient (Wildman–Crippen LogP) is 4.03. The molecule has 1 aromatic heterocycles. The van der Waals surface area contributed by atoms with Crippen LogP contribution in [0.15, 0.2) is 5.38 Å². The molecule has 0 aliphatic heterocycles. The van der Waals surface area contributed by atoms with E-state index in [-0.39, 0.29) is 12.1 Å². The van der Waals surface area contributed by atoms with Crippen molar-refractivity contribution in [3.05, 3.63) is 16.1 Å². The molecule has 2 atom stereocenters. The van der Waals surface area contributed by atoms with Gasteiger partial charge in [-0.3, -0.25) is 0 Å². The maximum absolute atomic E-state index is 11.9. The Morgan fingerprint density at radius 2 is 2.20 bits per heavy atom. The van der Waals surface area contributed by atoms with E-state index in [2.05, 4.69) is 29.5 Å². The van der Waals surface area contributed by atoms with E-state index in [9.17, 15) is 4.79 Å². The monoisotopic (exact) mass is 297 g/mol. The van der Waals surface area contributed by atoms with E-state index in [0.29, 0.717) is 5.92 Å². The summed E-state index contributed by atoms with van der Waals surface area (Å²) in [4.78, 5) is 16.3. The van der Waals surface area contributed by atoms with Crippen molar-refractivity contribution in [3.8, 4) is 0 Å². The lowest BCUT2D eigenvalue weighted by Crippen LogP contribution is -2.39. The van der Waals surface area contributed by atoms with Crippen molar-refractivity contribution in [2.75, 3.05) is 6.54 Å². The average Bonchev–Trinajstić information content (AvgIpc) is 2.86. The highest BCUT2D eigenvalue weighted by Gasteiger charge is 2.13. The number of hydrogen-bond donors (Lipinski definition) is 2. The van der Waals surface area contributed by atoms with Gasteiger partial charge in [-0.05, 0) is 26.2 Å². The molecule has 0 spiro atoms. The molecule has 2 amide bonds. The minimum atomic E-state index is -0.0969. The number of urea groups is 1. The molecule has 4 nitrogen and oxygen atoms in total. The lowest BCUT2D eigenvalue weighted by Gasteiger charge is -2.17. The highest BCUT2D eigenvalue weighted by Crippen LogP contribution is 2.17. The maximum atomic E-state index is 11.9. The number of hydrogen-bond acceptors (Lipinski definition) is 3. The fourth-order valence-electron chi connectivity index (χ4n) is 2.06. The minimum absolute atomic E-state index is 0.0376. The highest BCUT2D eigenvalue weighted by molar-refractivity contribution is 7.09. The zero-order chi connectivity index (χ0) is 15.0. The zero-order valence-corrected chi connectivity index (χ0v) is 13.8. The van der Waals surface area contributed by atoms with Crippen LogP contribution in [0.2, 0.25) is 0 Å². The van der Waals surface area contributed by atoms with Gasteiger partial charge in [-0.25, -0.2) is 9.78 Å². The molecule has 1 aromatic rings. The number of nitrogens with one attached hydrogen (secondary N) is 2. The lowest BCUT2D eigenvalue weighted by atomic mass is 9.99. The molecule has 0 bridgehead atoms. The summed E-state index contributed by atoms with van der Waals surface area (Å²) in [6.07, 6.45) is 4.75. The van der Waals surface area contributed by atoms with Crippen molar-refractivity contribution in [2.24, 2.45) is 5.92 Å². The van der Waals surface area contributed by atoms with E-state index in [1.165, 1.54) is 19.3 Å². The molecular weight excluding hydrogens is 270 g/mol. The summed E-state index contributed by atoms with van der Waals surface area (Å²) < 4.78 is 0. The molecule has 0 radical (unpaired) electrons. The van der Waals surface area contributed by atoms with Crippen LogP contribution >= 0.6 is 11.3 Å². The van der Waals surface area contributed by atoms with Gasteiger partial charge in [0, 0.05) is 17.6 Å². The third-order valence-electron chi connectivity index (χ3n) is 3.45. The first kappa shape index (κ1) is 17.0. The van der Waals surface area contributed by atoms with Gasteiger partial charge in [-0.2, -0.15) is 0 Å². The van der Waals surface area contributed by atoms with Crippen LogP contribution < -0.4 is 10.6 Å². The molecule has 2 N–H and O–H groups in total. The molecule has 114 valence electrons. The number of amides is 2. The van der Waals surface area contributed by atoms with E-state index >= 15 is 0 Å². The van der Waals surface area contributed by atoms with Crippen LogP contribution in [-0.4, -0.2) is 17.6 Å². The van der Waals surface area contributed by atoms with Crippen molar-refractivity contribution in [1.82, 2.24) is 15.6 Å². The van der Waals surface area contributed by atoms with E-state index in [4.69, 9.17) is 0 Å². The molecule has 0 saturated carbocycles. The third kappa shape index (κ3) is 5.90. The third-order valence-corrected chi connectivity index (χ3v) is 4.59. The Balaban J connectivity index is 2.32. The number of rotatable bonds is 8. The summed E-state index contributed by atoms with van der Waals surface area (Å²) in [5.41, 5.74) is 1.00. The van der Waals surface area contributed by atoms with Crippen LogP contribution in [-0.2, 0) is 0 Å². The Morgan fingerprint density at radius 3 is 2.75 bits per heavy atom. The van der Waals surface area contributed by atoms with Crippen LogP contribution in [0.25, 0.3) is 0 Å². The highest BCUT2D eigenvalue weighted by atomic mass is 32.1. The quantitative estimate of drug-likeness (QED) is 0.761. The van der Waals surface area contributed by atoms with Crippen molar-refractivity contribution in [1.29, 1.82) is 0 Å². The fraction of sp³-hybridized carbons (Fsp3) is 0.733. The second kappa shape index (κ2) is 8.95. The Morgan fingerprint density at radius 1 is 1.45 bits per heavy atom.